The SMILES string of the molecule is CC.CC.CC.CC.CC(=O)/C=C/C(C)(C)C.CC(=O)C(C)(C)C.CC(=O)CCC(C)(C)C.CC(=O)NCCC(C)(C)C.CC(C)(C)C#N.CC(C)(C)C(=O)O.CC(C)(C)C(N)=O.CC(C)(C)C=O.CC(C)(C)CCC(=O)O.CC(C)(C)CCN.CC(C)(C)CN.CCC.CCC#N.CCC(C)=O.CCO. The first-order valence-electron chi connectivity index (χ1n) is 38.7. The number of Topliss-reactive ketones (excluding diaryl/α,β-unsaturated/α-hetero) is 3. The Hall–Kier alpha value is -5.17. The number of carboxylic acid groups (broad SMARTS) is 2. The molecule has 0 aliphatic heterocycles. The standard InChI is InChI=1S/C8H17NO.C8H16O.C8H14O.C7H14O2.C6H15N.C6H12O.C5H11NO.C5H13N.C5H9N.C5H10O2.C5H10O.C4H8O.C3H5N.C3H8.C2H6O.4C2H6/c1-7(10)9-6-5-8(2,3)4;2*1-7(9)5-6-8(2,3)4;1-7(2,3)5-4-6(8)9;1-6(2,3)4-5-7;1-5(7)6(2,3)4;1-5(2,3)4(6)7;2*1-5(2,3)4-6;1-5(2,3)4(6)7;1-5(2,3)4-6;1-3-4(2)5;1-2-3-4;1-3-2;1-2-3;4*1-2/h5-6H2,1-4H3,(H,9,10);5-6H2,1-4H3;5-6H,1-4H3;4-5H2,1-3H3,(H,8,9);4-5,7H2,1-3H3;1-4H3;1-3H3,(H2,6,7);4,6H2,1-3H3;1-3H3;1-3H3,(H,6,7);4H,1-3H3;3H2,1-2H3;2H2,1H3;3H2,1-2H3;3H,2H2,1H3;4*1-2H3/b;;6-5+;;;;;;;;;;;;;;;;. The topological polar surface area (TPSA) is 352 Å². The molecule has 0 aliphatic rings. The van der Waals surface area contributed by atoms with Crippen LogP contribution < -0.4 is 22.5 Å². The Balaban J connectivity index is -0.0000000450. The van der Waals surface area contributed by atoms with E-state index in [1.54, 1.807) is 89.2 Å². The number of hydrogen-bond acceptors (Lipinski definition) is 14. The van der Waals surface area contributed by atoms with E-state index in [4.69, 9.17) is 43.0 Å². The molecule has 0 radical (unpaired) electrons. The number of aldehydes is 1. The maximum absolute atomic E-state index is 10.5. The first-order chi connectivity index (χ1) is 46.8. The van der Waals surface area contributed by atoms with Crippen LogP contribution in [-0.4, -0.2) is 94.7 Å². The Morgan fingerprint density at radius 3 is 0.736 bits per heavy atom. The van der Waals surface area contributed by atoms with Gasteiger partial charge in [0.15, 0.2) is 5.78 Å². The second-order valence-electron chi connectivity index (χ2n) is 35.6. The molecule has 0 unspecified atom stereocenters. The van der Waals surface area contributed by atoms with Gasteiger partial charge in [-0.05, 0) is 153 Å². The Morgan fingerprint density at radius 2 is 0.679 bits per heavy atom. The number of nitriles is 2. The van der Waals surface area contributed by atoms with Gasteiger partial charge in [-0.2, -0.15) is 10.5 Å². The average molecular weight is 1530 g/mol. The predicted octanol–water partition coefficient (Wildman–Crippen LogP) is 23.9. The van der Waals surface area contributed by atoms with Crippen molar-refractivity contribution in [2.75, 3.05) is 26.2 Å². The maximum atomic E-state index is 10.5. The summed E-state index contributed by atoms with van der Waals surface area (Å²) in [6.07, 6.45) is 11.9. The minimum absolute atomic E-state index is 0.0595. The fourth-order valence-corrected chi connectivity index (χ4v) is 2.45. The summed E-state index contributed by atoms with van der Waals surface area (Å²) >= 11 is 0. The van der Waals surface area contributed by atoms with Crippen LogP contribution in [0.4, 0.5) is 0 Å². The van der Waals surface area contributed by atoms with E-state index < -0.39 is 17.4 Å². The van der Waals surface area contributed by atoms with Crippen LogP contribution in [0.5, 0.6) is 0 Å². The number of rotatable bonds is 9. The Labute approximate surface area is 662 Å². The van der Waals surface area contributed by atoms with Crippen LogP contribution in [0.3, 0.4) is 0 Å². The van der Waals surface area contributed by atoms with E-state index in [9.17, 15) is 43.2 Å². The zero-order valence-corrected chi connectivity index (χ0v) is 80.6. The Bertz CT molecular complexity index is 1970. The number of carbonyl (C=O) groups excluding carboxylic acids is 7. The molecule has 0 fully saturated rings. The summed E-state index contributed by atoms with van der Waals surface area (Å²) in [5.74, 6) is -0.749. The molecule has 0 aromatic carbocycles. The van der Waals surface area contributed by atoms with Gasteiger partial charge in [-0.25, -0.2) is 0 Å². The summed E-state index contributed by atoms with van der Waals surface area (Å²) < 4.78 is 0. The number of nitrogens with zero attached hydrogens (tertiary/aromatic N) is 2. The van der Waals surface area contributed by atoms with Crippen LogP contribution in [0.15, 0.2) is 12.2 Å². The third-order valence-electron chi connectivity index (χ3n) is 9.67. The molecule has 0 heterocycles. The van der Waals surface area contributed by atoms with Crippen molar-refractivity contribution in [1.29, 1.82) is 10.5 Å². The lowest BCUT2D eigenvalue weighted by Gasteiger charge is -2.17. The Morgan fingerprint density at radius 1 is 0.453 bits per heavy atom. The molecule has 0 saturated carbocycles. The van der Waals surface area contributed by atoms with Crippen molar-refractivity contribution in [3.8, 4) is 12.1 Å². The number of ketones is 4. The van der Waals surface area contributed by atoms with Crippen molar-refractivity contribution < 1.29 is 58.5 Å². The molecular weight excluding hydrogens is 1330 g/mol. The number of nitrogens with two attached hydrogens (primary N) is 3. The quantitative estimate of drug-likeness (QED) is 0.0833. The van der Waals surface area contributed by atoms with Gasteiger partial charge in [0.1, 0.15) is 23.6 Å². The molecule has 0 aliphatic carbocycles. The highest BCUT2D eigenvalue weighted by atomic mass is 16.4. The van der Waals surface area contributed by atoms with Gasteiger partial charge in [0.2, 0.25) is 11.8 Å². The molecule has 18 heteroatoms. The number of carboxylic acids is 2. The summed E-state index contributed by atoms with van der Waals surface area (Å²) in [7, 11) is 0. The van der Waals surface area contributed by atoms with Crippen LogP contribution in [0.25, 0.3) is 0 Å². The van der Waals surface area contributed by atoms with Gasteiger partial charge in [0.05, 0.1) is 17.6 Å². The molecule has 0 bridgehead atoms. The summed E-state index contributed by atoms with van der Waals surface area (Å²) in [6.45, 7) is 102. The van der Waals surface area contributed by atoms with Crippen molar-refractivity contribution in [2.24, 2.45) is 76.8 Å². The first kappa shape index (κ1) is 150. The zero-order valence-electron chi connectivity index (χ0n) is 80.6. The lowest BCUT2D eigenvalue weighted by Crippen LogP contribution is -2.27. The number of aliphatic carboxylic acids is 2. The smallest absolute Gasteiger partial charge is 0.308 e. The highest BCUT2D eigenvalue weighted by Crippen LogP contribution is 2.22. The van der Waals surface area contributed by atoms with Crippen molar-refractivity contribution in [1.82, 2.24) is 5.32 Å². The Kier molecular flexibility index (Phi) is 128. The molecule has 106 heavy (non-hydrogen) atoms. The number of primary amides is 1. The third-order valence-corrected chi connectivity index (χ3v) is 9.67. The second-order valence-corrected chi connectivity index (χ2v) is 35.6. The van der Waals surface area contributed by atoms with E-state index in [1.807, 2.05) is 164 Å². The monoisotopic (exact) mass is 1530 g/mol. The van der Waals surface area contributed by atoms with Gasteiger partial charge < -0.3 is 52.2 Å². The molecule has 0 saturated heterocycles. The van der Waals surface area contributed by atoms with Crippen molar-refractivity contribution in [2.45, 2.75) is 411 Å². The van der Waals surface area contributed by atoms with Gasteiger partial charge in [-0.3, -0.25) is 28.8 Å². The number of allylic oxidation sites excluding steroid dienone is 2. The number of aliphatic hydroxyl groups excluding tert-OH is 1. The van der Waals surface area contributed by atoms with E-state index in [1.165, 1.54) is 6.42 Å². The minimum atomic E-state index is -0.757. The predicted molar refractivity (Wildman–Crippen MR) is 467 cm³/mol. The molecule has 0 rings (SSSR count). The van der Waals surface area contributed by atoms with Gasteiger partial charge in [-0.1, -0.05) is 283 Å². The van der Waals surface area contributed by atoms with Crippen LogP contribution in [0, 0.1) is 82.2 Å². The zero-order chi connectivity index (χ0) is 91.6. The van der Waals surface area contributed by atoms with E-state index in [-0.39, 0.29) is 74.7 Å². The summed E-state index contributed by atoms with van der Waals surface area (Å²) in [4.78, 5) is 91.7. The third kappa shape index (κ3) is 326. The van der Waals surface area contributed by atoms with E-state index in [0.717, 1.165) is 58.0 Å². The summed E-state index contributed by atoms with van der Waals surface area (Å²) in [6, 6.07) is 4.03. The van der Waals surface area contributed by atoms with Crippen molar-refractivity contribution in [3.63, 3.8) is 0 Å². The highest BCUT2D eigenvalue weighted by Gasteiger charge is 2.19. The van der Waals surface area contributed by atoms with Gasteiger partial charge >= 0.3 is 11.9 Å². The molecule has 2 amide bonds. The maximum Gasteiger partial charge on any atom is 0.308 e. The van der Waals surface area contributed by atoms with E-state index >= 15 is 0 Å². The first-order valence-corrected chi connectivity index (χ1v) is 38.7. The average Bonchev–Trinajstić information content (AvgIpc) is 0.975. The lowest BCUT2D eigenvalue weighted by atomic mass is 9.90. The van der Waals surface area contributed by atoms with Gasteiger partial charge in [-0.15, -0.1) is 0 Å². The highest BCUT2D eigenvalue weighted by molar-refractivity contribution is 5.87. The molecular formula is C88H192N6O12. The van der Waals surface area contributed by atoms with Crippen LogP contribution >= 0.6 is 0 Å². The molecule has 10 N–H and O–H groups in total. The molecule has 0 aromatic rings. The van der Waals surface area contributed by atoms with E-state index in [2.05, 4.69) is 129 Å². The summed E-state index contributed by atoms with van der Waals surface area (Å²) in [5, 5.41) is 42.6. The minimum Gasteiger partial charge on any atom is -0.481 e. The molecule has 0 spiro atoms. The van der Waals surface area contributed by atoms with Gasteiger partial charge in [0.25, 0.3) is 0 Å². The van der Waals surface area contributed by atoms with E-state index in [0.29, 0.717) is 40.3 Å². The lowest BCUT2D eigenvalue weighted by molar-refractivity contribution is -0.146. The molecule has 18 nitrogen and oxygen atoms in total. The van der Waals surface area contributed by atoms with Crippen LogP contribution in [0.2, 0.25) is 0 Å². The normalized spacial score (nSPS) is 10.1. The second kappa shape index (κ2) is 90.4. The van der Waals surface area contributed by atoms with Crippen LogP contribution in [-0.2, 0) is 43.2 Å². The number of carbonyl (C=O) groups is 9. The fourth-order valence-electron chi connectivity index (χ4n) is 2.45. The molecule has 0 atom stereocenters. The molecule has 646 valence electrons. The molecule has 0 aromatic heterocycles. The summed E-state index contributed by atoms with van der Waals surface area (Å²) in [5.41, 5.74) is 15.8. The van der Waals surface area contributed by atoms with Crippen molar-refractivity contribution in [3.05, 3.63) is 12.2 Å². The number of amides is 2. The van der Waals surface area contributed by atoms with Gasteiger partial charge in [0, 0.05) is 67.4 Å². The number of aliphatic hydroxyl groups is 1. The fraction of sp³-hybridized carbons (Fsp3) is 0.852. The number of nitrogens with one attached hydrogen (secondary N) is 1. The van der Waals surface area contributed by atoms with Crippen molar-refractivity contribution >= 4 is 53.2 Å². The van der Waals surface area contributed by atoms with Crippen LogP contribution in [0.1, 0.15) is 411 Å². The number of hydrogen-bond donors (Lipinski definition) is 7. The largest absolute Gasteiger partial charge is 0.481 e.